The predicted molar refractivity (Wildman–Crippen MR) is 81.7 cm³/mol. The minimum atomic E-state index is 0.210. The smallest absolute Gasteiger partial charge is 0.105 e. The lowest BCUT2D eigenvalue weighted by Gasteiger charge is -2.24. The second kappa shape index (κ2) is 5.06. The summed E-state index contributed by atoms with van der Waals surface area (Å²) in [5.41, 5.74) is 2.96. The summed E-state index contributed by atoms with van der Waals surface area (Å²) < 4.78 is 2.21. The minimum Gasteiger partial charge on any atom is -0.334 e. The summed E-state index contributed by atoms with van der Waals surface area (Å²) in [5, 5.41) is 3.82. The number of aryl methyl sites for hydroxylation is 2. The SMILES string of the molecule is Cc1ccc(C2(N[C@H](C)Cn3ccnc3C)CC2)cc1. The Morgan fingerprint density at radius 1 is 1.25 bits per heavy atom. The van der Waals surface area contributed by atoms with Crippen LogP contribution in [0, 0.1) is 13.8 Å². The molecular weight excluding hydrogens is 246 g/mol. The summed E-state index contributed by atoms with van der Waals surface area (Å²) >= 11 is 0. The van der Waals surface area contributed by atoms with Crippen LogP contribution in [0.1, 0.15) is 36.7 Å². The molecule has 0 spiro atoms. The van der Waals surface area contributed by atoms with Crippen LogP contribution in [0.2, 0.25) is 0 Å². The van der Waals surface area contributed by atoms with Gasteiger partial charge in [-0.3, -0.25) is 0 Å². The summed E-state index contributed by atoms with van der Waals surface area (Å²) in [5.74, 6) is 1.08. The zero-order valence-electron chi connectivity index (χ0n) is 12.6. The molecule has 1 saturated carbocycles. The van der Waals surface area contributed by atoms with E-state index in [1.165, 1.54) is 24.0 Å². The number of nitrogens with zero attached hydrogens (tertiary/aromatic N) is 2. The first-order valence-electron chi connectivity index (χ1n) is 7.42. The molecular formula is C17H23N3. The highest BCUT2D eigenvalue weighted by atomic mass is 15.1. The standard InChI is InChI=1S/C17H23N3/c1-13-4-6-16(7-5-13)17(8-9-17)19-14(2)12-20-11-10-18-15(20)3/h4-7,10-11,14,19H,8-9,12H2,1-3H3/t14-/m1/s1. The van der Waals surface area contributed by atoms with Crippen LogP contribution in [-0.4, -0.2) is 15.6 Å². The first kappa shape index (κ1) is 13.4. The molecule has 3 nitrogen and oxygen atoms in total. The van der Waals surface area contributed by atoms with Gasteiger partial charge in [0, 0.05) is 30.5 Å². The van der Waals surface area contributed by atoms with Gasteiger partial charge in [-0.05, 0) is 39.2 Å². The van der Waals surface area contributed by atoms with Crippen molar-refractivity contribution in [2.45, 2.75) is 51.7 Å². The fourth-order valence-corrected chi connectivity index (χ4v) is 2.92. The van der Waals surface area contributed by atoms with E-state index < -0.39 is 0 Å². The van der Waals surface area contributed by atoms with Gasteiger partial charge in [0.1, 0.15) is 5.82 Å². The average molecular weight is 269 g/mol. The van der Waals surface area contributed by atoms with Crippen molar-refractivity contribution in [3.8, 4) is 0 Å². The van der Waals surface area contributed by atoms with Crippen molar-refractivity contribution >= 4 is 0 Å². The molecule has 0 radical (unpaired) electrons. The maximum atomic E-state index is 4.28. The van der Waals surface area contributed by atoms with Gasteiger partial charge in [0.15, 0.2) is 0 Å². The maximum absolute atomic E-state index is 4.28. The van der Waals surface area contributed by atoms with Crippen molar-refractivity contribution in [3.05, 3.63) is 53.6 Å². The third kappa shape index (κ3) is 2.63. The summed E-state index contributed by atoms with van der Waals surface area (Å²) in [6.07, 6.45) is 6.40. The van der Waals surface area contributed by atoms with E-state index >= 15 is 0 Å². The average Bonchev–Trinajstić information content (AvgIpc) is 3.08. The number of nitrogens with one attached hydrogen (secondary N) is 1. The fraction of sp³-hybridized carbons (Fsp3) is 0.471. The van der Waals surface area contributed by atoms with Crippen LogP contribution in [0.15, 0.2) is 36.7 Å². The van der Waals surface area contributed by atoms with Crippen molar-refractivity contribution in [3.63, 3.8) is 0 Å². The molecule has 0 unspecified atom stereocenters. The van der Waals surface area contributed by atoms with E-state index in [4.69, 9.17) is 0 Å². The van der Waals surface area contributed by atoms with E-state index in [1.54, 1.807) is 0 Å². The molecule has 106 valence electrons. The zero-order chi connectivity index (χ0) is 14.2. The number of hydrogen-bond acceptors (Lipinski definition) is 2. The molecule has 1 aliphatic carbocycles. The number of rotatable bonds is 5. The number of aromatic nitrogens is 2. The van der Waals surface area contributed by atoms with Gasteiger partial charge in [0.25, 0.3) is 0 Å². The fourth-order valence-electron chi connectivity index (χ4n) is 2.92. The molecule has 1 N–H and O–H groups in total. The molecule has 1 atom stereocenters. The van der Waals surface area contributed by atoms with Crippen molar-refractivity contribution in [2.75, 3.05) is 0 Å². The van der Waals surface area contributed by atoms with Gasteiger partial charge in [0.2, 0.25) is 0 Å². The van der Waals surface area contributed by atoms with Crippen LogP contribution in [0.3, 0.4) is 0 Å². The van der Waals surface area contributed by atoms with Crippen LogP contribution >= 0.6 is 0 Å². The Morgan fingerprint density at radius 3 is 2.50 bits per heavy atom. The van der Waals surface area contributed by atoms with Gasteiger partial charge in [-0.25, -0.2) is 4.98 Å². The Balaban J connectivity index is 1.68. The number of hydrogen-bond donors (Lipinski definition) is 1. The van der Waals surface area contributed by atoms with Crippen LogP contribution in [0.4, 0.5) is 0 Å². The molecule has 1 heterocycles. The molecule has 2 aromatic rings. The first-order chi connectivity index (χ1) is 9.59. The van der Waals surface area contributed by atoms with Gasteiger partial charge in [-0.1, -0.05) is 29.8 Å². The Hall–Kier alpha value is -1.61. The molecule has 20 heavy (non-hydrogen) atoms. The van der Waals surface area contributed by atoms with Gasteiger partial charge in [-0.2, -0.15) is 0 Å². The largest absolute Gasteiger partial charge is 0.334 e. The summed E-state index contributed by atoms with van der Waals surface area (Å²) in [6.45, 7) is 7.42. The van der Waals surface area contributed by atoms with Gasteiger partial charge in [-0.15, -0.1) is 0 Å². The molecule has 0 amide bonds. The second-order valence-electron chi connectivity index (χ2n) is 6.12. The van der Waals surface area contributed by atoms with Crippen LogP contribution < -0.4 is 5.32 Å². The molecule has 0 saturated heterocycles. The van der Waals surface area contributed by atoms with E-state index in [-0.39, 0.29) is 5.54 Å². The molecule has 3 rings (SSSR count). The van der Waals surface area contributed by atoms with E-state index in [2.05, 4.69) is 66.1 Å². The normalized spacial score (nSPS) is 17.9. The van der Waals surface area contributed by atoms with E-state index in [1.807, 2.05) is 6.20 Å². The summed E-state index contributed by atoms with van der Waals surface area (Å²) in [4.78, 5) is 4.28. The van der Waals surface area contributed by atoms with E-state index in [0.717, 1.165) is 12.4 Å². The zero-order valence-corrected chi connectivity index (χ0v) is 12.6. The quantitative estimate of drug-likeness (QED) is 0.903. The third-order valence-corrected chi connectivity index (χ3v) is 4.27. The third-order valence-electron chi connectivity index (χ3n) is 4.27. The maximum Gasteiger partial charge on any atom is 0.105 e. The summed E-state index contributed by atoms with van der Waals surface area (Å²) in [7, 11) is 0. The highest BCUT2D eigenvalue weighted by molar-refractivity contribution is 5.32. The van der Waals surface area contributed by atoms with Crippen molar-refractivity contribution in [2.24, 2.45) is 0 Å². The topological polar surface area (TPSA) is 29.9 Å². The molecule has 1 fully saturated rings. The minimum absolute atomic E-state index is 0.210. The molecule has 0 bridgehead atoms. The number of benzene rings is 1. The van der Waals surface area contributed by atoms with E-state index in [0.29, 0.717) is 6.04 Å². The van der Waals surface area contributed by atoms with Crippen molar-refractivity contribution in [1.82, 2.24) is 14.9 Å². The van der Waals surface area contributed by atoms with Crippen molar-refractivity contribution < 1.29 is 0 Å². The Kier molecular flexibility index (Phi) is 3.38. The van der Waals surface area contributed by atoms with Crippen LogP contribution in [-0.2, 0) is 12.1 Å². The van der Waals surface area contributed by atoms with Crippen molar-refractivity contribution in [1.29, 1.82) is 0 Å². The first-order valence-corrected chi connectivity index (χ1v) is 7.42. The van der Waals surface area contributed by atoms with E-state index in [9.17, 15) is 0 Å². The van der Waals surface area contributed by atoms with Gasteiger partial charge < -0.3 is 9.88 Å². The lowest BCUT2D eigenvalue weighted by Crippen LogP contribution is -2.39. The molecule has 0 aliphatic heterocycles. The molecule has 1 aromatic carbocycles. The predicted octanol–water partition coefficient (Wildman–Crippen LogP) is 3.17. The molecule has 1 aliphatic rings. The summed E-state index contributed by atoms with van der Waals surface area (Å²) in [6, 6.07) is 9.39. The highest BCUT2D eigenvalue weighted by Gasteiger charge is 2.44. The van der Waals surface area contributed by atoms with Gasteiger partial charge in [0.05, 0.1) is 0 Å². The Morgan fingerprint density at radius 2 is 1.95 bits per heavy atom. The van der Waals surface area contributed by atoms with Gasteiger partial charge >= 0.3 is 0 Å². The number of imidazole rings is 1. The second-order valence-corrected chi connectivity index (χ2v) is 6.12. The molecule has 1 aromatic heterocycles. The lowest BCUT2D eigenvalue weighted by atomic mass is 10.0. The Bertz CT molecular complexity index is 579. The monoisotopic (exact) mass is 269 g/mol. The lowest BCUT2D eigenvalue weighted by molar-refractivity contribution is 0.397. The Labute approximate surface area is 121 Å². The van der Waals surface area contributed by atoms with Crippen LogP contribution in [0.25, 0.3) is 0 Å². The van der Waals surface area contributed by atoms with Crippen LogP contribution in [0.5, 0.6) is 0 Å². The highest BCUT2D eigenvalue weighted by Crippen LogP contribution is 2.45. The molecule has 3 heteroatoms.